The molecule has 0 aromatic heterocycles. The van der Waals surface area contributed by atoms with E-state index in [2.05, 4.69) is 21.3 Å². The Labute approximate surface area is 451 Å². The largest absolute Gasteiger partial charge is 0.481 e. The third-order valence-corrected chi connectivity index (χ3v) is 13.2. The third kappa shape index (κ3) is 41.6. The molecule has 3 atom stereocenters. The van der Waals surface area contributed by atoms with Crippen molar-refractivity contribution >= 4 is 58.6 Å². The summed E-state index contributed by atoms with van der Waals surface area (Å²) in [7, 11) is 0. The first-order valence-electron chi connectivity index (χ1n) is 28.3. The predicted molar refractivity (Wildman–Crippen MR) is 284 cm³/mol. The van der Waals surface area contributed by atoms with Gasteiger partial charge in [-0.3, -0.25) is 48.5 Å². The van der Waals surface area contributed by atoms with Gasteiger partial charge < -0.3 is 50.8 Å². The summed E-state index contributed by atoms with van der Waals surface area (Å²) in [5, 5.41) is 29.3. The standard InChI is InChI=1S/C55H95N5O16/c56-39-50(65)43-24-26-45(62)28-31-51(66)59-42-58-47(49(64)30-25-43)21-15-16-32-57-53(68)41-76-38-36-74-34-18-20-46(63)40-75-37-35-73-33-17-19-44(61)27-29-48(55(71)72)60-52(67)22-13-11-9-7-5-3-1-2-4-6-8-10-12-14-23-54(69)70/h43,47-48,58H,1-42,56H2,(H,57,68)(H,59,66)(H,60,67)(H,69,70)(H,71,72)/t43-,47+,48+/m1/s1. The van der Waals surface area contributed by atoms with E-state index in [-0.39, 0.29) is 164 Å². The lowest BCUT2D eigenvalue weighted by atomic mass is 9.89. The van der Waals surface area contributed by atoms with Crippen LogP contribution in [0.4, 0.5) is 0 Å². The minimum absolute atomic E-state index is 0.0253. The quantitative estimate of drug-likeness (QED) is 0.0376. The molecule has 76 heavy (non-hydrogen) atoms. The Kier molecular flexibility index (Phi) is 43.6. The molecule has 1 saturated heterocycles. The van der Waals surface area contributed by atoms with Crippen LogP contribution in [0.15, 0.2) is 0 Å². The number of carbonyl (C=O) groups excluding carboxylic acids is 8. The number of carboxylic acids is 2. The fourth-order valence-corrected chi connectivity index (χ4v) is 8.57. The Hall–Kier alpha value is -4.54. The van der Waals surface area contributed by atoms with Crippen molar-refractivity contribution in [3.63, 3.8) is 0 Å². The number of rotatable bonds is 47. The average molecular weight is 1080 g/mol. The van der Waals surface area contributed by atoms with Gasteiger partial charge in [-0.2, -0.15) is 0 Å². The van der Waals surface area contributed by atoms with Crippen molar-refractivity contribution in [2.75, 3.05) is 72.6 Å². The maximum absolute atomic E-state index is 13.1. The second-order valence-electron chi connectivity index (χ2n) is 19.8. The van der Waals surface area contributed by atoms with Crippen molar-refractivity contribution in [2.45, 2.75) is 211 Å². The number of Topliss-reactive ketones (excluding diaryl/α,β-unsaturated/α-hetero) is 5. The van der Waals surface area contributed by atoms with Gasteiger partial charge in [-0.25, -0.2) is 4.79 Å². The Morgan fingerprint density at radius 1 is 0.566 bits per heavy atom. The zero-order valence-electron chi connectivity index (χ0n) is 45.6. The van der Waals surface area contributed by atoms with E-state index < -0.39 is 29.9 Å². The molecule has 1 aliphatic heterocycles. The molecule has 0 radical (unpaired) electrons. The van der Waals surface area contributed by atoms with Crippen LogP contribution in [-0.2, 0) is 66.9 Å². The summed E-state index contributed by atoms with van der Waals surface area (Å²) in [5.74, 6) is -3.87. The Balaban J connectivity index is 2.01. The van der Waals surface area contributed by atoms with Gasteiger partial charge in [-0.05, 0) is 64.2 Å². The van der Waals surface area contributed by atoms with Gasteiger partial charge in [0.2, 0.25) is 17.7 Å². The van der Waals surface area contributed by atoms with Crippen LogP contribution >= 0.6 is 0 Å². The summed E-state index contributed by atoms with van der Waals surface area (Å²) in [6.07, 6.45) is 19.7. The van der Waals surface area contributed by atoms with E-state index in [9.17, 15) is 53.1 Å². The maximum Gasteiger partial charge on any atom is 0.326 e. The molecule has 21 heteroatoms. The van der Waals surface area contributed by atoms with E-state index in [4.69, 9.17) is 29.8 Å². The molecule has 3 amide bonds. The number of carboxylic acid groups (broad SMARTS) is 2. The lowest BCUT2D eigenvalue weighted by molar-refractivity contribution is -0.142. The molecule has 8 N–H and O–H groups in total. The number of ether oxygens (including phenoxy) is 4. The molecule has 436 valence electrons. The molecule has 1 fully saturated rings. The second-order valence-corrected chi connectivity index (χ2v) is 19.8. The van der Waals surface area contributed by atoms with Crippen molar-refractivity contribution in [1.82, 2.24) is 21.3 Å². The van der Waals surface area contributed by atoms with Gasteiger partial charge in [0.15, 0.2) is 5.78 Å². The molecule has 0 aromatic rings. The summed E-state index contributed by atoms with van der Waals surface area (Å²) in [4.78, 5) is 121. The molecule has 0 bridgehead atoms. The summed E-state index contributed by atoms with van der Waals surface area (Å²) in [6.45, 7) is 1.59. The number of unbranched alkanes of at least 4 members (excludes halogenated alkanes) is 14. The van der Waals surface area contributed by atoms with Crippen LogP contribution in [0.5, 0.6) is 0 Å². The summed E-state index contributed by atoms with van der Waals surface area (Å²) in [6, 6.07) is -1.66. The zero-order chi connectivity index (χ0) is 55.9. The first-order valence-corrected chi connectivity index (χ1v) is 28.3. The van der Waals surface area contributed by atoms with Gasteiger partial charge in [-0.15, -0.1) is 0 Å². The van der Waals surface area contributed by atoms with Gasteiger partial charge in [0.05, 0.1) is 45.7 Å². The number of nitrogens with one attached hydrogen (secondary N) is 4. The molecule has 1 aliphatic rings. The summed E-state index contributed by atoms with van der Waals surface area (Å²) >= 11 is 0. The van der Waals surface area contributed by atoms with Gasteiger partial charge in [0.25, 0.3) is 0 Å². The highest BCUT2D eigenvalue weighted by Crippen LogP contribution is 2.19. The van der Waals surface area contributed by atoms with Crippen molar-refractivity contribution < 1.29 is 77.1 Å². The first kappa shape index (κ1) is 69.5. The van der Waals surface area contributed by atoms with Crippen LogP contribution in [0.1, 0.15) is 199 Å². The number of aliphatic carboxylic acids is 2. The van der Waals surface area contributed by atoms with E-state index in [0.717, 1.165) is 44.9 Å². The first-order chi connectivity index (χ1) is 36.7. The zero-order valence-corrected chi connectivity index (χ0v) is 45.6. The number of hydrogen-bond donors (Lipinski definition) is 7. The number of carbonyl (C=O) groups is 10. The Morgan fingerprint density at radius 3 is 1.71 bits per heavy atom. The van der Waals surface area contributed by atoms with Crippen LogP contribution in [0.2, 0.25) is 0 Å². The minimum atomic E-state index is -1.16. The topological polar surface area (TPSA) is 322 Å². The Morgan fingerprint density at radius 2 is 1.12 bits per heavy atom. The van der Waals surface area contributed by atoms with E-state index in [1.807, 2.05) is 0 Å². The lowest BCUT2D eigenvalue weighted by Crippen LogP contribution is -2.44. The fraction of sp³-hybridized carbons (Fsp3) is 0.818. The van der Waals surface area contributed by atoms with Gasteiger partial charge in [0.1, 0.15) is 42.4 Å². The van der Waals surface area contributed by atoms with Crippen molar-refractivity contribution in [1.29, 1.82) is 0 Å². The molecule has 0 aliphatic carbocycles. The normalized spacial score (nSPS) is 16.1. The van der Waals surface area contributed by atoms with Crippen LogP contribution in [-0.4, -0.2) is 153 Å². The number of amides is 3. The van der Waals surface area contributed by atoms with Crippen LogP contribution < -0.4 is 27.0 Å². The molecular formula is C55H95N5O16. The number of hydrogen-bond acceptors (Lipinski definition) is 16. The molecule has 1 rings (SSSR count). The van der Waals surface area contributed by atoms with E-state index in [0.29, 0.717) is 71.1 Å². The highest BCUT2D eigenvalue weighted by molar-refractivity contribution is 5.88. The SMILES string of the molecule is NCC(=O)[C@@H]1CCC(=O)CCC(=O)NCN[C@@H](CCCCNC(=O)COCCOCCCC(=O)COCCOCCCC(=O)CC[C@H](NC(=O)CCCCCCCCCCCCCCCCC(=O)O)C(=O)O)C(=O)CC1. The lowest BCUT2D eigenvalue weighted by Gasteiger charge is -2.21. The van der Waals surface area contributed by atoms with Crippen molar-refractivity contribution in [3.8, 4) is 0 Å². The van der Waals surface area contributed by atoms with E-state index in [1.165, 1.54) is 38.5 Å². The van der Waals surface area contributed by atoms with Gasteiger partial charge in [0, 0.05) is 83.5 Å². The molecule has 0 saturated carbocycles. The molecular weight excluding hydrogens is 987 g/mol. The van der Waals surface area contributed by atoms with E-state index >= 15 is 0 Å². The third-order valence-electron chi connectivity index (χ3n) is 13.2. The smallest absolute Gasteiger partial charge is 0.326 e. The van der Waals surface area contributed by atoms with Gasteiger partial charge >= 0.3 is 11.9 Å². The van der Waals surface area contributed by atoms with Crippen molar-refractivity contribution in [2.24, 2.45) is 11.7 Å². The van der Waals surface area contributed by atoms with Crippen molar-refractivity contribution in [3.05, 3.63) is 0 Å². The maximum atomic E-state index is 13.1. The number of nitrogens with two attached hydrogens (primary N) is 1. The monoisotopic (exact) mass is 1080 g/mol. The Bertz CT molecular complexity index is 1680. The minimum Gasteiger partial charge on any atom is -0.481 e. The molecule has 0 unspecified atom stereocenters. The van der Waals surface area contributed by atoms with Gasteiger partial charge in [-0.1, -0.05) is 77.0 Å². The molecule has 1 heterocycles. The van der Waals surface area contributed by atoms with Crippen LogP contribution in [0.25, 0.3) is 0 Å². The second kappa shape index (κ2) is 47.7. The molecule has 0 spiro atoms. The summed E-state index contributed by atoms with van der Waals surface area (Å²) in [5.41, 5.74) is 5.56. The van der Waals surface area contributed by atoms with Crippen LogP contribution in [0.3, 0.4) is 0 Å². The van der Waals surface area contributed by atoms with Crippen LogP contribution in [0, 0.1) is 5.92 Å². The highest BCUT2D eigenvalue weighted by atomic mass is 16.5. The summed E-state index contributed by atoms with van der Waals surface area (Å²) < 4.78 is 21.8. The predicted octanol–water partition coefficient (Wildman–Crippen LogP) is 5.38. The molecule has 21 nitrogen and oxygen atoms in total. The van der Waals surface area contributed by atoms with E-state index in [1.54, 1.807) is 0 Å². The number of ketones is 5. The fourth-order valence-electron chi connectivity index (χ4n) is 8.57. The highest BCUT2D eigenvalue weighted by Gasteiger charge is 2.25. The average Bonchev–Trinajstić information content (AvgIpc) is 3.39. The molecule has 0 aromatic carbocycles.